The summed E-state index contributed by atoms with van der Waals surface area (Å²) >= 11 is 15.1. The molecule has 0 radical (unpaired) electrons. The number of methoxy groups -OCH3 is 1. The van der Waals surface area contributed by atoms with Crippen molar-refractivity contribution >= 4 is 52.0 Å². The molecule has 1 aliphatic carbocycles. The SMILES string of the molecule is COc1cc([N+](=O)[O-])cc2c1N[C@H](c1ccccc1Cl)[C@@H]1C[C@@H](Sc3ccccc3[N+](=O)[O-])[C@@H](Cl)[C@H]21. The van der Waals surface area contributed by atoms with Crippen LogP contribution < -0.4 is 10.1 Å². The summed E-state index contributed by atoms with van der Waals surface area (Å²) in [5.41, 5.74) is 2.19. The number of nitro benzene ring substituents is 2. The molecule has 8 nitrogen and oxygen atoms in total. The molecule has 3 aromatic rings. The Bertz CT molecular complexity index is 1360. The largest absolute Gasteiger partial charge is 0.494 e. The normalized spacial score (nSPS) is 24.4. The Balaban J connectivity index is 1.62. The van der Waals surface area contributed by atoms with Gasteiger partial charge in [0.1, 0.15) is 5.75 Å². The Morgan fingerprint density at radius 2 is 1.75 bits per heavy atom. The molecule has 1 N–H and O–H groups in total. The molecule has 1 saturated carbocycles. The number of hydrogen-bond donors (Lipinski definition) is 1. The Morgan fingerprint density at radius 3 is 2.44 bits per heavy atom. The van der Waals surface area contributed by atoms with Crippen LogP contribution in [0.2, 0.25) is 5.02 Å². The third-order valence-electron chi connectivity index (χ3n) is 6.88. The summed E-state index contributed by atoms with van der Waals surface area (Å²) in [4.78, 5) is 23.0. The first kappa shape index (κ1) is 24.7. The molecule has 36 heavy (non-hydrogen) atoms. The van der Waals surface area contributed by atoms with E-state index in [9.17, 15) is 20.2 Å². The van der Waals surface area contributed by atoms with E-state index >= 15 is 0 Å². The number of para-hydroxylation sites is 1. The van der Waals surface area contributed by atoms with Crippen LogP contribution in [-0.4, -0.2) is 27.6 Å². The zero-order chi connectivity index (χ0) is 25.6. The fraction of sp³-hybridized carbons (Fsp3) is 0.280. The van der Waals surface area contributed by atoms with Gasteiger partial charge in [0.25, 0.3) is 11.4 Å². The summed E-state index contributed by atoms with van der Waals surface area (Å²) in [6, 6.07) is 16.9. The number of halogens is 2. The smallest absolute Gasteiger partial charge is 0.282 e. The molecule has 1 heterocycles. The molecule has 1 aliphatic heterocycles. The highest BCUT2D eigenvalue weighted by molar-refractivity contribution is 8.00. The van der Waals surface area contributed by atoms with Crippen molar-refractivity contribution in [1.82, 2.24) is 0 Å². The van der Waals surface area contributed by atoms with E-state index in [-0.39, 0.29) is 34.5 Å². The number of hydrogen-bond acceptors (Lipinski definition) is 7. The van der Waals surface area contributed by atoms with Gasteiger partial charge in [-0.15, -0.1) is 23.4 Å². The van der Waals surface area contributed by atoms with E-state index < -0.39 is 15.2 Å². The second-order valence-electron chi connectivity index (χ2n) is 8.76. The zero-order valence-corrected chi connectivity index (χ0v) is 21.3. The minimum Gasteiger partial charge on any atom is -0.494 e. The summed E-state index contributed by atoms with van der Waals surface area (Å²) in [6.07, 6.45) is 0.628. The zero-order valence-electron chi connectivity index (χ0n) is 19.0. The first-order valence-electron chi connectivity index (χ1n) is 11.2. The average molecular weight is 546 g/mol. The van der Waals surface area contributed by atoms with Crippen molar-refractivity contribution in [3.63, 3.8) is 0 Å². The number of anilines is 1. The van der Waals surface area contributed by atoms with Crippen LogP contribution in [0.4, 0.5) is 17.1 Å². The Labute approximate surface area is 221 Å². The van der Waals surface area contributed by atoms with Crippen LogP contribution in [0.1, 0.15) is 29.5 Å². The van der Waals surface area contributed by atoms with Crippen LogP contribution in [-0.2, 0) is 0 Å². The van der Waals surface area contributed by atoms with Crippen molar-refractivity contribution in [3.8, 4) is 5.75 Å². The van der Waals surface area contributed by atoms with Gasteiger partial charge in [0.05, 0.1) is 45.0 Å². The van der Waals surface area contributed by atoms with Gasteiger partial charge in [0.15, 0.2) is 0 Å². The Kier molecular flexibility index (Phi) is 6.72. The molecule has 1 fully saturated rings. The number of nitro groups is 2. The molecule has 3 aromatic carbocycles. The lowest BCUT2D eigenvalue weighted by Gasteiger charge is -2.39. The molecule has 0 unspecified atom stereocenters. The molecular weight excluding hydrogens is 525 g/mol. The molecule has 186 valence electrons. The van der Waals surface area contributed by atoms with Gasteiger partial charge in [-0.3, -0.25) is 20.2 Å². The number of non-ortho nitro benzene ring substituents is 1. The monoisotopic (exact) mass is 545 g/mol. The predicted molar refractivity (Wildman–Crippen MR) is 141 cm³/mol. The second-order valence-corrected chi connectivity index (χ2v) is 11.0. The number of benzene rings is 3. The van der Waals surface area contributed by atoms with Gasteiger partial charge in [0.2, 0.25) is 0 Å². The summed E-state index contributed by atoms with van der Waals surface area (Å²) < 4.78 is 5.54. The van der Waals surface area contributed by atoms with Gasteiger partial charge in [-0.1, -0.05) is 41.9 Å². The lowest BCUT2D eigenvalue weighted by molar-refractivity contribution is -0.387. The standard InChI is InChI=1S/C25H21Cl2N3O5S/c1-35-19-11-13(29(31)32)10-15-22-16(24(28-25(15)19)14-6-2-3-7-17(14)26)12-21(23(22)27)36-20-9-5-4-8-18(20)30(33)34/h2-11,16,21-24,28H,12H2,1H3/t16-,21-,22-,23-,24-/m1/s1. The van der Waals surface area contributed by atoms with Crippen LogP contribution in [0.15, 0.2) is 65.6 Å². The van der Waals surface area contributed by atoms with Crippen molar-refractivity contribution < 1.29 is 14.6 Å². The molecule has 11 heteroatoms. The minimum absolute atomic E-state index is 0.0275. The van der Waals surface area contributed by atoms with Crippen molar-refractivity contribution in [3.05, 3.63) is 97.0 Å². The Hall–Kier alpha value is -3.01. The van der Waals surface area contributed by atoms with E-state index in [1.54, 1.807) is 24.3 Å². The molecule has 0 spiro atoms. The van der Waals surface area contributed by atoms with Crippen LogP contribution in [0.25, 0.3) is 0 Å². The maximum Gasteiger partial charge on any atom is 0.282 e. The minimum atomic E-state index is -0.449. The maximum atomic E-state index is 11.7. The molecule has 2 aliphatic rings. The molecule has 5 atom stereocenters. The molecule has 5 rings (SSSR count). The fourth-order valence-corrected chi connectivity index (χ4v) is 7.54. The van der Waals surface area contributed by atoms with Gasteiger partial charge in [-0.25, -0.2) is 0 Å². The van der Waals surface area contributed by atoms with Crippen LogP contribution in [0, 0.1) is 26.1 Å². The number of ether oxygens (including phenoxy) is 1. The first-order chi connectivity index (χ1) is 17.3. The average Bonchev–Trinajstić information content (AvgIpc) is 3.19. The van der Waals surface area contributed by atoms with Crippen LogP contribution >= 0.6 is 35.0 Å². The van der Waals surface area contributed by atoms with Crippen molar-refractivity contribution in [2.45, 2.75) is 33.9 Å². The van der Waals surface area contributed by atoms with Crippen molar-refractivity contribution in [2.24, 2.45) is 5.92 Å². The first-order valence-corrected chi connectivity index (χ1v) is 12.9. The van der Waals surface area contributed by atoms with E-state index in [0.29, 0.717) is 33.3 Å². The van der Waals surface area contributed by atoms with E-state index in [1.807, 2.05) is 24.3 Å². The molecule has 0 aromatic heterocycles. The number of rotatable bonds is 6. The van der Waals surface area contributed by atoms with Gasteiger partial charge < -0.3 is 10.1 Å². The van der Waals surface area contributed by atoms with E-state index in [1.165, 1.54) is 31.0 Å². The summed E-state index contributed by atoms with van der Waals surface area (Å²) in [5, 5.41) is 26.8. The topological polar surface area (TPSA) is 108 Å². The van der Waals surface area contributed by atoms with E-state index in [4.69, 9.17) is 27.9 Å². The lowest BCUT2D eigenvalue weighted by atomic mass is 9.77. The molecule has 0 saturated heterocycles. The van der Waals surface area contributed by atoms with Gasteiger partial charge in [0, 0.05) is 28.3 Å². The summed E-state index contributed by atoms with van der Waals surface area (Å²) in [6.45, 7) is 0. The number of thioether (sulfide) groups is 1. The number of alkyl halides is 1. The van der Waals surface area contributed by atoms with Gasteiger partial charge in [-0.2, -0.15) is 0 Å². The molecule has 0 bridgehead atoms. The maximum absolute atomic E-state index is 11.7. The molecule has 0 amide bonds. The van der Waals surface area contributed by atoms with Crippen molar-refractivity contribution in [1.29, 1.82) is 0 Å². The highest BCUT2D eigenvalue weighted by Gasteiger charge is 2.51. The number of nitrogens with zero attached hydrogens (tertiary/aromatic N) is 2. The number of fused-ring (bicyclic) bond motifs is 3. The van der Waals surface area contributed by atoms with Crippen LogP contribution in [0.3, 0.4) is 0 Å². The molecular formula is C25H21Cl2N3O5S. The van der Waals surface area contributed by atoms with E-state index in [0.717, 1.165) is 5.56 Å². The fourth-order valence-electron chi connectivity index (χ4n) is 5.35. The van der Waals surface area contributed by atoms with E-state index in [2.05, 4.69) is 5.32 Å². The third-order valence-corrected chi connectivity index (χ3v) is 9.34. The quantitative estimate of drug-likeness (QED) is 0.198. The second kappa shape index (κ2) is 9.80. The summed E-state index contributed by atoms with van der Waals surface area (Å²) in [5.74, 6) is 0.0264. The summed E-state index contributed by atoms with van der Waals surface area (Å²) in [7, 11) is 1.47. The highest BCUT2D eigenvalue weighted by Crippen LogP contribution is 2.60. The lowest BCUT2D eigenvalue weighted by Crippen LogP contribution is -2.31. The van der Waals surface area contributed by atoms with Crippen molar-refractivity contribution in [2.75, 3.05) is 12.4 Å². The third kappa shape index (κ3) is 4.25. The van der Waals surface area contributed by atoms with Gasteiger partial charge in [-0.05, 0) is 35.6 Å². The number of nitrogens with one attached hydrogen (secondary N) is 1. The van der Waals surface area contributed by atoms with Crippen LogP contribution in [0.5, 0.6) is 5.75 Å². The van der Waals surface area contributed by atoms with Gasteiger partial charge >= 0.3 is 0 Å². The highest BCUT2D eigenvalue weighted by atomic mass is 35.5. The predicted octanol–water partition coefficient (Wildman–Crippen LogP) is 7.20. The Morgan fingerprint density at radius 1 is 1.03 bits per heavy atom.